The topological polar surface area (TPSA) is 30.5 Å². The zero-order chi connectivity index (χ0) is 11.3. The summed E-state index contributed by atoms with van der Waals surface area (Å²) in [7, 11) is 3.56. The Morgan fingerprint density at radius 1 is 1.27 bits per heavy atom. The van der Waals surface area contributed by atoms with Crippen molar-refractivity contribution in [2.24, 2.45) is 5.41 Å². The van der Waals surface area contributed by atoms with Crippen LogP contribution in [0.25, 0.3) is 0 Å². The van der Waals surface area contributed by atoms with Gasteiger partial charge in [-0.05, 0) is 25.8 Å². The molecule has 0 aromatic heterocycles. The van der Waals surface area contributed by atoms with E-state index in [9.17, 15) is 0 Å². The van der Waals surface area contributed by atoms with Gasteiger partial charge in [-0.3, -0.25) is 0 Å². The Balaban J connectivity index is 2.08. The van der Waals surface area contributed by atoms with Crippen LogP contribution in [0.4, 0.5) is 0 Å². The number of ether oxygens (including phenoxy) is 2. The van der Waals surface area contributed by atoms with Gasteiger partial charge in [-0.25, -0.2) is 0 Å². The summed E-state index contributed by atoms with van der Waals surface area (Å²) in [5.74, 6) is 0. The van der Waals surface area contributed by atoms with Crippen LogP contribution < -0.4 is 5.32 Å². The van der Waals surface area contributed by atoms with Crippen molar-refractivity contribution in [2.75, 3.05) is 27.4 Å². The summed E-state index contributed by atoms with van der Waals surface area (Å²) in [4.78, 5) is 0. The van der Waals surface area contributed by atoms with Crippen LogP contribution in [0.1, 0.15) is 33.1 Å². The number of hydrogen-bond donors (Lipinski definition) is 1. The maximum Gasteiger partial charge on any atom is 0.0652 e. The van der Waals surface area contributed by atoms with E-state index in [4.69, 9.17) is 9.47 Å². The van der Waals surface area contributed by atoms with Crippen LogP contribution in [0.5, 0.6) is 0 Å². The largest absolute Gasteiger partial charge is 0.385 e. The number of hydrogen-bond acceptors (Lipinski definition) is 3. The molecule has 1 N–H and O–H groups in total. The highest BCUT2D eigenvalue weighted by molar-refractivity contribution is 5.02. The Bertz CT molecular complexity index is 182. The zero-order valence-electron chi connectivity index (χ0n) is 10.5. The molecule has 2 atom stereocenters. The first-order chi connectivity index (χ1) is 7.12. The highest BCUT2D eigenvalue weighted by atomic mass is 16.5. The Labute approximate surface area is 93.5 Å². The molecule has 1 aliphatic carbocycles. The van der Waals surface area contributed by atoms with Gasteiger partial charge < -0.3 is 14.8 Å². The first kappa shape index (κ1) is 12.9. The standard InChI is InChI=1S/C12H25NO2/c1-12(2)10(9-11(12)15-4)13-7-5-6-8-14-3/h10-11,13H,5-9H2,1-4H3. The number of methoxy groups -OCH3 is 2. The minimum atomic E-state index is 0.288. The maximum absolute atomic E-state index is 5.42. The molecule has 1 fully saturated rings. The third kappa shape index (κ3) is 3.16. The molecule has 0 aliphatic heterocycles. The van der Waals surface area contributed by atoms with Gasteiger partial charge in [0.05, 0.1) is 6.10 Å². The molecule has 3 nitrogen and oxygen atoms in total. The van der Waals surface area contributed by atoms with E-state index in [1.165, 1.54) is 6.42 Å². The van der Waals surface area contributed by atoms with Crippen molar-refractivity contribution in [1.82, 2.24) is 5.32 Å². The van der Waals surface area contributed by atoms with Crippen molar-refractivity contribution in [3.63, 3.8) is 0 Å². The fourth-order valence-electron chi connectivity index (χ4n) is 2.28. The van der Waals surface area contributed by atoms with Gasteiger partial charge in [-0.15, -0.1) is 0 Å². The molecule has 0 radical (unpaired) electrons. The predicted octanol–water partition coefficient (Wildman–Crippen LogP) is 1.82. The van der Waals surface area contributed by atoms with Gasteiger partial charge in [0.2, 0.25) is 0 Å². The first-order valence-electron chi connectivity index (χ1n) is 5.88. The van der Waals surface area contributed by atoms with E-state index in [0.29, 0.717) is 12.1 Å². The van der Waals surface area contributed by atoms with E-state index in [1.807, 2.05) is 0 Å². The number of unbranched alkanes of at least 4 members (excludes halogenated alkanes) is 1. The van der Waals surface area contributed by atoms with Crippen LogP contribution in [0.2, 0.25) is 0 Å². The average molecular weight is 215 g/mol. The van der Waals surface area contributed by atoms with Crippen molar-refractivity contribution in [3.8, 4) is 0 Å². The molecular formula is C12H25NO2. The van der Waals surface area contributed by atoms with Gasteiger partial charge in [0.25, 0.3) is 0 Å². The molecule has 90 valence electrons. The Morgan fingerprint density at radius 2 is 2.00 bits per heavy atom. The van der Waals surface area contributed by atoms with Crippen LogP contribution in [-0.2, 0) is 9.47 Å². The van der Waals surface area contributed by atoms with E-state index in [0.717, 1.165) is 26.0 Å². The molecular weight excluding hydrogens is 190 g/mol. The lowest BCUT2D eigenvalue weighted by molar-refractivity contribution is -0.0973. The highest BCUT2D eigenvalue weighted by Gasteiger charge is 2.47. The summed E-state index contributed by atoms with van der Waals surface area (Å²) in [5, 5.41) is 3.60. The lowest BCUT2D eigenvalue weighted by Gasteiger charge is -2.51. The second kappa shape index (κ2) is 5.83. The quantitative estimate of drug-likeness (QED) is 0.657. The van der Waals surface area contributed by atoms with Crippen molar-refractivity contribution in [2.45, 2.75) is 45.3 Å². The molecule has 3 heteroatoms. The van der Waals surface area contributed by atoms with E-state index in [2.05, 4.69) is 19.2 Å². The molecule has 1 rings (SSSR count). The summed E-state index contributed by atoms with van der Waals surface area (Å²) in [6.07, 6.45) is 3.91. The molecule has 0 spiro atoms. The predicted molar refractivity (Wildman–Crippen MR) is 62.1 cm³/mol. The molecule has 0 saturated heterocycles. The summed E-state index contributed by atoms with van der Waals surface area (Å²) in [6, 6.07) is 0.616. The zero-order valence-corrected chi connectivity index (χ0v) is 10.5. The molecule has 0 aromatic rings. The molecule has 1 saturated carbocycles. The Hall–Kier alpha value is -0.120. The summed E-state index contributed by atoms with van der Waals surface area (Å²) < 4.78 is 10.4. The minimum Gasteiger partial charge on any atom is -0.385 e. The molecule has 0 aromatic carbocycles. The van der Waals surface area contributed by atoms with E-state index < -0.39 is 0 Å². The van der Waals surface area contributed by atoms with E-state index >= 15 is 0 Å². The molecule has 0 amide bonds. The van der Waals surface area contributed by atoms with E-state index in [1.54, 1.807) is 14.2 Å². The maximum atomic E-state index is 5.42. The minimum absolute atomic E-state index is 0.288. The summed E-state index contributed by atoms with van der Waals surface area (Å²) in [5.41, 5.74) is 0.288. The van der Waals surface area contributed by atoms with Crippen LogP contribution >= 0.6 is 0 Å². The molecule has 0 heterocycles. The Kier molecular flexibility index (Phi) is 5.03. The third-order valence-electron chi connectivity index (χ3n) is 3.63. The summed E-state index contributed by atoms with van der Waals surface area (Å²) in [6.45, 7) is 6.51. The van der Waals surface area contributed by atoms with Gasteiger partial charge in [-0.1, -0.05) is 13.8 Å². The Morgan fingerprint density at radius 3 is 2.53 bits per heavy atom. The monoisotopic (exact) mass is 215 g/mol. The second-order valence-electron chi connectivity index (χ2n) is 4.99. The molecule has 0 bridgehead atoms. The summed E-state index contributed by atoms with van der Waals surface area (Å²) >= 11 is 0. The number of rotatable bonds is 7. The van der Waals surface area contributed by atoms with Crippen molar-refractivity contribution < 1.29 is 9.47 Å². The van der Waals surface area contributed by atoms with Crippen LogP contribution in [0, 0.1) is 5.41 Å². The lowest BCUT2D eigenvalue weighted by Crippen LogP contribution is -2.60. The van der Waals surface area contributed by atoms with Crippen LogP contribution in [0.15, 0.2) is 0 Å². The normalized spacial score (nSPS) is 28.8. The second-order valence-corrected chi connectivity index (χ2v) is 4.99. The van der Waals surface area contributed by atoms with Gasteiger partial charge >= 0.3 is 0 Å². The average Bonchev–Trinajstić information content (AvgIpc) is 2.21. The fourth-order valence-corrected chi connectivity index (χ4v) is 2.28. The third-order valence-corrected chi connectivity index (χ3v) is 3.63. The fraction of sp³-hybridized carbons (Fsp3) is 1.00. The van der Waals surface area contributed by atoms with Crippen molar-refractivity contribution >= 4 is 0 Å². The van der Waals surface area contributed by atoms with Crippen molar-refractivity contribution in [3.05, 3.63) is 0 Å². The van der Waals surface area contributed by atoms with Gasteiger partial charge in [-0.2, -0.15) is 0 Å². The smallest absolute Gasteiger partial charge is 0.0652 e. The van der Waals surface area contributed by atoms with Crippen LogP contribution in [0.3, 0.4) is 0 Å². The van der Waals surface area contributed by atoms with Gasteiger partial charge in [0.15, 0.2) is 0 Å². The first-order valence-corrected chi connectivity index (χ1v) is 5.88. The SMILES string of the molecule is COCCCCNC1CC(OC)C1(C)C. The highest BCUT2D eigenvalue weighted by Crippen LogP contribution is 2.42. The molecule has 15 heavy (non-hydrogen) atoms. The molecule has 1 aliphatic rings. The molecule has 2 unspecified atom stereocenters. The lowest BCUT2D eigenvalue weighted by atomic mass is 9.64. The van der Waals surface area contributed by atoms with Gasteiger partial charge in [0, 0.05) is 32.3 Å². The van der Waals surface area contributed by atoms with Gasteiger partial charge in [0.1, 0.15) is 0 Å². The van der Waals surface area contributed by atoms with E-state index in [-0.39, 0.29) is 5.41 Å². The van der Waals surface area contributed by atoms with Crippen LogP contribution in [-0.4, -0.2) is 39.5 Å². The number of nitrogens with one attached hydrogen (secondary N) is 1. The van der Waals surface area contributed by atoms with Crippen molar-refractivity contribution in [1.29, 1.82) is 0 Å².